The normalized spacial score (nSPS) is 17.2. The van der Waals surface area contributed by atoms with Gasteiger partial charge in [-0.15, -0.1) is 17.9 Å². The topological polar surface area (TPSA) is 76.7 Å². The van der Waals surface area contributed by atoms with E-state index < -0.39 is 17.9 Å². The first-order valence-electron chi connectivity index (χ1n) is 7.77. The summed E-state index contributed by atoms with van der Waals surface area (Å²) in [4.78, 5) is 25.8. The van der Waals surface area contributed by atoms with Crippen LogP contribution in [0.25, 0.3) is 0 Å². The van der Waals surface area contributed by atoms with E-state index in [1.54, 1.807) is 13.0 Å². The van der Waals surface area contributed by atoms with Crippen LogP contribution in [0.15, 0.2) is 52.7 Å². The average Bonchev–Trinajstić information content (AvgIpc) is 3.14. The molecule has 0 saturated carbocycles. The molecular formula is C18H22N2O4S. The number of ether oxygens (including phenoxy) is 2. The quantitative estimate of drug-likeness (QED) is 0.439. The first-order chi connectivity index (χ1) is 12.0. The van der Waals surface area contributed by atoms with Crippen molar-refractivity contribution in [1.82, 2.24) is 10.6 Å². The van der Waals surface area contributed by atoms with Crippen LogP contribution in [0.4, 0.5) is 0 Å². The van der Waals surface area contributed by atoms with Crippen molar-refractivity contribution >= 4 is 23.3 Å². The largest absolute Gasteiger partial charge is 0.466 e. The molecule has 6 nitrogen and oxygen atoms in total. The minimum absolute atomic E-state index is 0.410. The predicted octanol–water partition coefficient (Wildman–Crippen LogP) is 2.08. The molecule has 0 bridgehead atoms. The number of allylic oxidation sites excluding steroid dienone is 1. The van der Waals surface area contributed by atoms with E-state index in [1.807, 2.05) is 17.5 Å². The van der Waals surface area contributed by atoms with Crippen molar-refractivity contribution in [1.29, 1.82) is 0 Å². The summed E-state index contributed by atoms with van der Waals surface area (Å²) in [5, 5.41) is 8.25. The third-order valence-electron chi connectivity index (χ3n) is 3.87. The predicted molar refractivity (Wildman–Crippen MR) is 97.0 cm³/mol. The van der Waals surface area contributed by atoms with E-state index in [4.69, 9.17) is 9.47 Å². The zero-order valence-corrected chi connectivity index (χ0v) is 15.4. The zero-order chi connectivity index (χ0) is 18.4. The summed E-state index contributed by atoms with van der Waals surface area (Å²) < 4.78 is 9.94. The van der Waals surface area contributed by atoms with E-state index in [1.165, 1.54) is 25.6 Å². The molecule has 1 atom stereocenters. The maximum atomic E-state index is 12.5. The summed E-state index contributed by atoms with van der Waals surface area (Å²) in [5.41, 5.74) is 2.16. The molecule has 1 aromatic heterocycles. The highest BCUT2D eigenvalue weighted by atomic mass is 32.1. The number of hydrogen-bond donors (Lipinski definition) is 2. The molecule has 1 aliphatic rings. The number of hydrogen-bond acceptors (Lipinski definition) is 7. The van der Waals surface area contributed by atoms with Crippen molar-refractivity contribution in [3.8, 4) is 0 Å². The molecule has 7 heteroatoms. The summed E-state index contributed by atoms with van der Waals surface area (Å²) in [6.07, 6.45) is 1.74. The molecule has 134 valence electrons. The molecule has 0 spiro atoms. The van der Waals surface area contributed by atoms with Crippen LogP contribution in [0.2, 0.25) is 0 Å². The van der Waals surface area contributed by atoms with Crippen LogP contribution in [0.3, 0.4) is 0 Å². The second-order valence-electron chi connectivity index (χ2n) is 5.41. The van der Waals surface area contributed by atoms with Crippen molar-refractivity contribution in [2.24, 2.45) is 0 Å². The van der Waals surface area contributed by atoms with Gasteiger partial charge < -0.3 is 20.1 Å². The molecule has 0 radical (unpaired) electrons. The van der Waals surface area contributed by atoms with Crippen LogP contribution in [0.5, 0.6) is 0 Å². The lowest BCUT2D eigenvalue weighted by Gasteiger charge is -2.30. The number of rotatable bonds is 7. The minimum atomic E-state index is -0.526. The molecule has 0 saturated heterocycles. The average molecular weight is 362 g/mol. The van der Waals surface area contributed by atoms with E-state index in [-0.39, 0.29) is 0 Å². The number of carbonyl (C=O) groups is 2. The van der Waals surface area contributed by atoms with E-state index >= 15 is 0 Å². The van der Waals surface area contributed by atoms with Crippen molar-refractivity contribution in [3.63, 3.8) is 0 Å². The molecule has 25 heavy (non-hydrogen) atoms. The second-order valence-corrected chi connectivity index (χ2v) is 6.39. The van der Waals surface area contributed by atoms with Gasteiger partial charge in [0.2, 0.25) is 0 Å². The number of dihydropyridines is 1. The smallest absolute Gasteiger partial charge is 0.336 e. The first-order valence-corrected chi connectivity index (χ1v) is 8.65. The molecule has 0 aromatic carbocycles. The SMILES string of the molecule is C=CCNCC1=C(C(=O)OC)C(c2cccs2)C(C(=O)OC)=C(C)N1. The lowest BCUT2D eigenvalue weighted by Crippen LogP contribution is -2.36. The Kier molecular flexibility index (Phi) is 6.55. The summed E-state index contributed by atoms with van der Waals surface area (Å²) in [6.45, 7) is 6.49. The van der Waals surface area contributed by atoms with Crippen LogP contribution in [-0.4, -0.2) is 39.2 Å². The Labute approximate surface area is 151 Å². The van der Waals surface area contributed by atoms with Gasteiger partial charge in [-0.05, 0) is 18.4 Å². The Bertz CT molecular complexity index is 719. The summed E-state index contributed by atoms with van der Waals surface area (Å²) in [6, 6.07) is 3.78. The Hall–Kier alpha value is -2.38. The van der Waals surface area contributed by atoms with Gasteiger partial charge in [-0.3, -0.25) is 0 Å². The first kappa shape index (κ1) is 19.0. The lowest BCUT2D eigenvalue weighted by molar-refractivity contribution is -0.137. The molecule has 1 aromatic rings. The standard InChI is InChI=1S/C18H22N2O4S/c1-5-8-19-10-12-15(18(22)24-4)16(13-7-6-9-25-13)14(11(2)20-12)17(21)23-3/h5-7,9,16,19-20H,1,8,10H2,2-4H3. The summed E-state index contributed by atoms with van der Waals surface area (Å²) in [5.74, 6) is -1.47. The molecule has 0 aliphatic carbocycles. The van der Waals surface area contributed by atoms with Gasteiger partial charge >= 0.3 is 11.9 Å². The van der Waals surface area contributed by atoms with Gasteiger partial charge in [-0.25, -0.2) is 9.59 Å². The number of esters is 2. The molecule has 2 heterocycles. The summed E-state index contributed by atoms with van der Waals surface area (Å²) in [7, 11) is 2.66. The van der Waals surface area contributed by atoms with Crippen LogP contribution >= 0.6 is 11.3 Å². The maximum Gasteiger partial charge on any atom is 0.336 e. The minimum Gasteiger partial charge on any atom is -0.466 e. The van der Waals surface area contributed by atoms with Crippen LogP contribution in [0.1, 0.15) is 17.7 Å². The van der Waals surface area contributed by atoms with Crippen molar-refractivity contribution in [2.45, 2.75) is 12.8 Å². The summed E-state index contributed by atoms with van der Waals surface area (Å²) >= 11 is 1.48. The molecule has 1 aliphatic heterocycles. The van der Waals surface area contributed by atoms with E-state index in [9.17, 15) is 9.59 Å². The van der Waals surface area contributed by atoms with Gasteiger partial charge in [-0.1, -0.05) is 12.1 Å². The van der Waals surface area contributed by atoms with Crippen LogP contribution < -0.4 is 10.6 Å². The molecule has 0 fully saturated rings. The number of thiophene rings is 1. The van der Waals surface area contributed by atoms with Crippen molar-refractivity contribution < 1.29 is 19.1 Å². The Balaban J connectivity index is 2.58. The number of carbonyl (C=O) groups excluding carboxylic acids is 2. The Morgan fingerprint density at radius 3 is 2.56 bits per heavy atom. The van der Waals surface area contributed by atoms with Gasteiger partial charge in [0.25, 0.3) is 0 Å². The molecular weight excluding hydrogens is 340 g/mol. The molecule has 2 N–H and O–H groups in total. The fraction of sp³-hybridized carbons (Fsp3) is 0.333. The number of methoxy groups -OCH3 is 2. The van der Waals surface area contributed by atoms with Gasteiger partial charge in [0, 0.05) is 29.4 Å². The van der Waals surface area contributed by atoms with Gasteiger partial charge in [0.15, 0.2) is 0 Å². The monoisotopic (exact) mass is 362 g/mol. The Morgan fingerprint density at radius 1 is 1.32 bits per heavy atom. The highest BCUT2D eigenvalue weighted by molar-refractivity contribution is 7.10. The van der Waals surface area contributed by atoms with E-state index in [0.29, 0.717) is 35.6 Å². The highest BCUT2D eigenvalue weighted by Crippen LogP contribution is 2.40. The van der Waals surface area contributed by atoms with Crippen LogP contribution in [0, 0.1) is 0 Å². The number of nitrogens with one attached hydrogen (secondary N) is 2. The zero-order valence-electron chi connectivity index (χ0n) is 14.5. The van der Waals surface area contributed by atoms with Gasteiger partial charge in [0.05, 0.1) is 31.3 Å². The third-order valence-corrected chi connectivity index (χ3v) is 4.81. The van der Waals surface area contributed by atoms with Crippen molar-refractivity contribution in [3.05, 3.63) is 57.6 Å². The second kappa shape index (κ2) is 8.64. The molecule has 1 unspecified atom stereocenters. The van der Waals surface area contributed by atoms with Gasteiger partial charge in [-0.2, -0.15) is 0 Å². The van der Waals surface area contributed by atoms with Gasteiger partial charge in [0.1, 0.15) is 0 Å². The van der Waals surface area contributed by atoms with E-state index in [0.717, 1.165) is 4.88 Å². The molecule has 2 rings (SSSR count). The van der Waals surface area contributed by atoms with E-state index in [2.05, 4.69) is 17.2 Å². The fourth-order valence-corrected chi connectivity index (χ4v) is 3.65. The molecule has 0 amide bonds. The van der Waals surface area contributed by atoms with Crippen LogP contribution in [-0.2, 0) is 19.1 Å². The van der Waals surface area contributed by atoms with Crippen molar-refractivity contribution in [2.75, 3.05) is 27.3 Å². The highest BCUT2D eigenvalue weighted by Gasteiger charge is 2.38. The fourth-order valence-electron chi connectivity index (χ4n) is 2.81. The third kappa shape index (κ3) is 4.00. The Morgan fingerprint density at radius 2 is 2.00 bits per heavy atom. The lowest BCUT2D eigenvalue weighted by atomic mass is 9.84. The maximum absolute atomic E-state index is 12.5.